The number of carbonyl (C=O) groups is 1. The Hall–Kier alpha value is -4.28. The Morgan fingerprint density at radius 2 is 1.85 bits per heavy atom. The van der Waals surface area contributed by atoms with Crippen molar-refractivity contribution in [2.24, 2.45) is 28.2 Å². The van der Waals surface area contributed by atoms with E-state index in [9.17, 15) is 20.4 Å². The molecule has 0 radical (unpaired) electrons. The molecule has 3 fully saturated rings. The Morgan fingerprint density at radius 3 is 2.60 bits per heavy atom. The molecule has 0 amide bonds. The number of unbranched alkanes of at least 4 members (excludes halogenated alkanes) is 2. The maximum absolute atomic E-state index is 15.1. The number of fused-ring (bicyclic) bond motifs is 4. The average Bonchev–Trinajstić information content (AvgIpc) is 4.02. The van der Waals surface area contributed by atoms with Crippen LogP contribution in [0, 0.1) is 35.1 Å². The van der Waals surface area contributed by atoms with Crippen LogP contribution in [-0.2, 0) is 21.4 Å². The zero-order valence-corrected chi connectivity index (χ0v) is 37.6. The summed E-state index contributed by atoms with van der Waals surface area (Å²) in [6.07, 6.45) is 18.0. The molecular weight excluding hydrogens is 785 g/mol. The fourth-order valence-electron chi connectivity index (χ4n) is 11.2. The molecule has 340 valence electrons. The van der Waals surface area contributed by atoms with E-state index in [-0.39, 0.29) is 47.1 Å². The van der Waals surface area contributed by atoms with Gasteiger partial charge < -0.3 is 45.3 Å². The first-order valence-electron chi connectivity index (χ1n) is 23.2. The molecule has 1 spiro atoms. The van der Waals surface area contributed by atoms with Crippen LogP contribution in [0.4, 0.5) is 5.69 Å². The highest BCUT2D eigenvalue weighted by Gasteiger charge is 2.49. The minimum atomic E-state index is -0.926. The second-order valence-electron chi connectivity index (χ2n) is 18.4. The predicted octanol–water partition coefficient (Wildman–Crippen LogP) is 7.87. The van der Waals surface area contributed by atoms with Gasteiger partial charge >= 0.3 is 0 Å². The van der Waals surface area contributed by atoms with Gasteiger partial charge in [0, 0.05) is 49.9 Å². The number of aromatic hydroxyl groups is 2. The zero-order valence-electron chi connectivity index (χ0n) is 37.6. The van der Waals surface area contributed by atoms with Crippen LogP contribution in [0.3, 0.4) is 0 Å². The quantitative estimate of drug-likeness (QED) is 0.0357. The molecule has 3 aliphatic carbocycles. The van der Waals surface area contributed by atoms with Crippen molar-refractivity contribution >= 4 is 17.4 Å². The number of aliphatic hydroxyl groups excluding tert-OH is 2. The molecule has 1 heterocycles. The van der Waals surface area contributed by atoms with Gasteiger partial charge in [0.2, 0.25) is 5.96 Å². The van der Waals surface area contributed by atoms with E-state index in [2.05, 4.69) is 58.0 Å². The van der Waals surface area contributed by atoms with Crippen LogP contribution in [0.5, 0.6) is 23.0 Å². The molecular formula is C50H72N4O8. The number of anilines is 1. The van der Waals surface area contributed by atoms with Gasteiger partial charge in [0.15, 0.2) is 35.1 Å². The lowest BCUT2D eigenvalue weighted by molar-refractivity contribution is -0.125. The number of ether oxygens (including phenoxy) is 3. The molecule has 62 heavy (non-hydrogen) atoms. The van der Waals surface area contributed by atoms with E-state index in [0.717, 1.165) is 94.6 Å². The van der Waals surface area contributed by atoms with Crippen molar-refractivity contribution < 1.29 is 39.4 Å². The number of carbonyl (C=O) groups excluding carboxylic acids is 1. The Kier molecular flexibility index (Phi) is 16.7. The number of likely N-dealkylation sites (N-methyl/N-ethyl adjacent to an activating group) is 1. The summed E-state index contributed by atoms with van der Waals surface area (Å²) in [5.74, 6) is 4.89. The summed E-state index contributed by atoms with van der Waals surface area (Å²) in [7, 11) is 5.12. The van der Waals surface area contributed by atoms with Crippen LogP contribution in [0.1, 0.15) is 127 Å². The molecule has 7 N–H and O–H groups in total. The van der Waals surface area contributed by atoms with Crippen molar-refractivity contribution in [3.8, 4) is 35.0 Å². The van der Waals surface area contributed by atoms with Gasteiger partial charge in [-0.3, -0.25) is 15.1 Å². The maximum atomic E-state index is 15.1. The monoisotopic (exact) mass is 857 g/mol. The Balaban J connectivity index is 1.43. The Bertz CT molecular complexity index is 1930. The molecule has 2 aromatic carbocycles. The third-order valence-corrected chi connectivity index (χ3v) is 14.4. The number of nitrogens with zero attached hydrogens (tertiary/aromatic N) is 1. The molecule has 2 aromatic rings. The number of ketones is 1. The summed E-state index contributed by atoms with van der Waals surface area (Å²) in [6.45, 7) is 3.07. The summed E-state index contributed by atoms with van der Waals surface area (Å²) < 4.78 is 18.1. The van der Waals surface area contributed by atoms with E-state index in [1.807, 2.05) is 25.3 Å². The van der Waals surface area contributed by atoms with Gasteiger partial charge in [-0.25, -0.2) is 0 Å². The first kappa shape index (κ1) is 47.2. The zero-order chi connectivity index (χ0) is 44.2. The molecule has 2 bridgehead atoms. The van der Waals surface area contributed by atoms with Crippen molar-refractivity contribution in [1.82, 2.24) is 10.6 Å². The number of nitrogens with one attached hydrogen (secondary N) is 3. The molecule has 0 saturated heterocycles. The number of guanidine groups is 1. The lowest BCUT2D eigenvalue weighted by Gasteiger charge is -2.39. The number of hydrogen-bond acceptors (Lipinski definition) is 10. The number of aliphatic hydroxyl groups is 2. The summed E-state index contributed by atoms with van der Waals surface area (Å²) in [4.78, 5) is 19.6. The van der Waals surface area contributed by atoms with E-state index >= 15 is 4.79 Å². The predicted molar refractivity (Wildman–Crippen MR) is 244 cm³/mol. The molecule has 3 saturated carbocycles. The van der Waals surface area contributed by atoms with Crippen molar-refractivity contribution in [2.75, 3.05) is 46.3 Å². The van der Waals surface area contributed by atoms with Gasteiger partial charge in [-0.15, -0.1) is 0 Å². The Labute approximate surface area is 369 Å². The molecule has 6 unspecified atom stereocenters. The number of phenols is 2. The molecule has 6 atom stereocenters. The number of phenolic OH excluding ortho intramolecular Hbond substituents is 2. The minimum absolute atomic E-state index is 0.0124. The fourth-order valence-corrected chi connectivity index (χ4v) is 11.2. The van der Waals surface area contributed by atoms with Gasteiger partial charge in [-0.1, -0.05) is 63.5 Å². The highest BCUT2D eigenvalue weighted by atomic mass is 16.6. The van der Waals surface area contributed by atoms with E-state index in [0.29, 0.717) is 68.4 Å². The van der Waals surface area contributed by atoms with Crippen LogP contribution in [-0.4, -0.2) is 85.0 Å². The number of methoxy groups -OCH3 is 1. The number of allylic oxidation sites excluding steroid dienone is 2. The van der Waals surface area contributed by atoms with Gasteiger partial charge in [-0.05, 0) is 130 Å². The van der Waals surface area contributed by atoms with Crippen LogP contribution in [0.2, 0.25) is 0 Å². The van der Waals surface area contributed by atoms with E-state index in [1.54, 1.807) is 20.2 Å². The summed E-state index contributed by atoms with van der Waals surface area (Å²) >= 11 is 0. The van der Waals surface area contributed by atoms with Crippen LogP contribution in [0.25, 0.3) is 0 Å². The van der Waals surface area contributed by atoms with Crippen molar-refractivity contribution in [3.05, 3.63) is 53.6 Å². The van der Waals surface area contributed by atoms with Gasteiger partial charge in [-0.2, -0.15) is 0 Å². The molecule has 1 aliphatic heterocycles. The SMILES string of the molecule is CCCCCC1C=CC(=O)C2(Cc3ccc(O)c(OC)c3)CCCC2CC#CNC(=NC)Nc2cc(cc(OC3(CNC)CCC(CC(O)OCCCO)C3)c2O)C12CCCC2. The van der Waals surface area contributed by atoms with Gasteiger partial charge in [0.25, 0.3) is 0 Å². The lowest BCUT2D eigenvalue weighted by Crippen LogP contribution is -2.43. The first-order valence-corrected chi connectivity index (χ1v) is 23.2. The highest BCUT2D eigenvalue weighted by molar-refractivity contribution is 5.97. The van der Waals surface area contributed by atoms with Crippen molar-refractivity contribution in [1.29, 1.82) is 0 Å². The topological polar surface area (TPSA) is 174 Å². The number of benzene rings is 2. The third kappa shape index (κ3) is 10.9. The molecule has 0 aromatic heterocycles. The molecule has 6 rings (SSSR count). The summed E-state index contributed by atoms with van der Waals surface area (Å²) in [5, 5.41) is 52.3. The summed E-state index contributed by atoms with van der Waals surface area (Å²) in [5.41, 5.74) is 0.835. The molecule has 12 heteroatoms. The number of hydrogen-bond donors (Lipinski definition) is 7. The number of rotatable bonds is 17. The normalized spacial score (nSPS) is 27.0. The van der Waals surface area contributed by atoms with Gasteiger partial charge in [0.1, 0.15) is 5.60 Å². The van der Waals surface area contributed by atoms with Crippen LogP contribution < -0.4 is 25.4 Å². The maximum Gasteiger partial charge on any atom is 0.207 e. The lowest BCUT2D eigenvalue weighted by atomic mass is 9.65. The van der Waals surface area contributed by atoms with Crippen molar-refractivity contribution in [2.45, 2.75) is 140 Å². The molecule has 4 aliphatic rings. The minimum Gasteiger partial charge on any atom is -0.504 e. The summed E-state index contributed by atoms with van der Waals surface area (Å²) in [6, 6.07) is 12.6. The van der Waals surface area contributed by atoms with E-state index < -0.39 is 17.3 Å². The van der Waals surface area contributed by atoms with Crippen LogP contribution in [0.15, 0.2) is 47.5 Å². The van der Waals surface area contributed by atoms with E-state index in [1.165, 1.54) is 0 Å². The van der Waals surface area contributed by atoms with E-state index in [4.69, 9.17) is 14.2 Å². The highest BCUT2D eigenvalue weighted by Crippen LogP contribution is 2.54. The standard InChI is InChI=1S/C50H72N4O8/c1-5-6-7-13-38-17-19-44(57)50(33-35-16-18-41(56)42(28-35)60-4)23-10-14-37(50)15-11-25-53-47(52-3)54-40-30-39(49(38)21-8-9-22-49)31-43(46(40)59)62-48(34-51-2)24-20-36(32-48)29-45(58)61-27-12-26-55/h16-19,28,30-31,36-38,45,51,55-56,58-59H,5-10,12-15,20-24,26-27,29,32-34H2,1-4H3,(H2,52,53,54). The Morgan fingerprint density at radius 1 is 1.03 bits per heavy atom. The first-order chi connectivity index (χ1) is 30.0. The third-order valence-electron chi connectivity index (χ3n) is 14.4. The van der Waals surface area contributed by atoms with Gasteiger partial charge in [0.05, 0.1) is 19.4 Å². The van der Waals surface area contributed by atoms with Crippen LogP contribution >= 0.6 is 0 Å². The van der Waals surface area contributed by atoms with Crippen molar-refractivity contribution in [3.63, 3.8) is 0 Å². The largest absolute Gasteiger partial charge is 0.504 e. The average molecular weight is 857 g/mol. The number of aliphatic imine (C=N–C) groups is 1. The smallest absolute Gasteiger partial charge is 0.207 e. The second-order valence-corrected chi connectivity index (χ2v) is 18.4. The second kappa shape index (κ2) is 21.9. The fraction of sp³-hybridized carbons (Fsp3) is 0.640. The molecule has 12 nitrogen and oxygen atoms in total.